The van der Waals surface area contributed by atoms with E-state index in [9.17, 15) is 4.79 Å². The van der Waals surface area contributed by atoms with Crippen LogP contribution in [0.3, 0.4) is 0 Å². The van der Waals surface area contributed by atoms with Crippen LogP contribution in [0.15, 0.2) is 0 Å². The summed E-state index contributed by atoms with van der Waals surface area (Å²) >= 11 is 0. The molecule has 1 fully saturated rings. The van der Waals surface area contributed by atoms with Gasteiger partial charge in [0.1, 0.15) is 5.78 Å². The highest BCUT2D eigenvalue weighted by Gasteiger charge is 2.16. The molecule has 0 spiro atoms. The van der Waals surface area contributed by atoms with Gasteiger partial charge < -0.3 is 5.32 Å². The Morgan fingerprint density at radius 2 is 2.46 bits per heavy atom. The van der Waals surface area contributed by atoms with Crippen molar-refractivity contribution in [1.29, 1.82) is 0 Å². The highest BCUT2D eigenvalue weighted by Crippen LogP contribution is 2.10. The Kier molecular flexibility index (Phi) is 4.56. The zero-order valence-corrected chi connectivity index (χ0v) is 8.23. The van der Waals surface area contributed by atoms with Crippen molar-refractivity contribution < 1.29 is 4.79 Å². The molecule has 0 amide bonds. The minimum atomic E-state index is 0.349. The second-order valence-electron chi connectivity index (χ2n) is 3.46. The van der Waals surface area contributed by atoms with Crippen LogP contribution in [-0.4, -0.2) is 18.4 Å². The monoisotopic (exact) mass is 179 g/mol. The molecular formula is C11H17NO. The molecule has 1 rings (SSSR count). The molecule has 0 bridgehead atoms. The second-order valence-corrected chi connectivity index (χ2v) is 3.46. The Morgan fingerprint density at radius 1 is 1.62 bits per heavy atom. The molecule has 0 aromatic carbocycles. The minimum Gasteiger partial charge on any atom is -0.314 e. The fraction of sp³-hybridized carbons (Fsp3) is 0.727. The fourth-order valence-electron chi connectivity index (χ4n) is 1.63. The molecule has 0 aromatic rings. The third kappa shape index (κ3) is 4.10. The lowest BCUT2D eigenvalue weighted by Crippen LogP contribution is -2.24. The summed E-state index contributed by atoms with van der Waals surface area (Å²) in [4.78, 5) is 11.4. The number of hydrogen-bond acceptors (Lipinski definition) is 2. The molecule has 1 saturated heterocycles. The van der Waals surface area contributed by atoms with Crippen molar-refractivity contribution >= 4 is 5.78 Å². The van der Waals surface area contributed by atoms with Gasteiger partial charge in [-0.1, -0.05) is 0 Å². The van der Waals surface area contributed by atoms with E-state index in [4.69, 9.17) is 0 Å². The zero-order valence-electron chi connectivity index (χ0n) is 8.23. The predicted molar refractivity (Wildman–Crippen MR) is 53.3 cm³/mol. The number of carbonyl (C=O) groups excluding carboxylic acids is 1. The molecule has 0 saturated carbocycles. The van der Waals surface area contributed by atoms with Crippen molar-refractivity contribution in [3.63, 3.8) is 0 Å². The molecule has 0 radical (unpaired) electrons. The molecule has 0 aliphatic carbocycles. The summed E-state index contributed by atoms with van der Waals surface area (Å²) in [5.74, 6) is 6.06. The van der Waals surface area contributed by atoms with Gasteiger partial charge in [-0.3, -0.25) is 4.79 Å². The van der Waals surface area contributed by atoms with E-state index in [0.717, 1.165) is 19.4 Å². The molecule has 0 aromatic heterocycles. The number of Topliss-reactive ketones (excluding diaryl/α,β-unsaturated/α-hetero) is 1. The first-order chi connectivity index (χ1) is 6.33. The molecule has 2 nitrogen and oxygen atoms in total. The van der Waals surface area contributed by atoms with Gasteiger partial charge in [0.05, 0.1) is 0 Å². The van der Waals surface area contributed by atoms with Crippen LogP contribution < -0.4 is 5.32 Å². The van der Waals surface area contributed by atoms with Crippen molar-refractivity contribution in [3.8, 4) is 11.8 Å². The van der Waals surface area contributed by atoms with Gasteiger partial charge in [-0.25, -0.2) is 0 Å². The minimum absolute atomic E-state index is 0.349. The van der Waals surface area contributed by atoms with E-state index in [2.05, 4.69) is 17.2 Å². The van der Waals surface area contributed by atoms with Gasteiger partial charge in [0.2, 0.25) is 0 Å². The van der Waals surface area contributed by atoms with Crippen LogP contribution in [0.2, 0.25) is 0 Å². The van der Waals surface area contributed by atoms with Crippen LogP contribution >= 0.6 is 0 Å². The Balaban J connectivity index is 2.11. The van der Waals surface area contributed by atoms with Crippen LogP contribution in [0.5, 0.6) is 0 Å². The van der Waals surface area contributed by atoms with E-state index in [1.807, 2.05) is 6.92 Å². The van der Waals surface area contributed by atoms with E-state index in [0.29, 0.717) is 24.7 Å². The largest absolute Gasteiger partial charge is 0.314 e. The van der Waals surface area contributed by atoms with Gasteiger partial charge in [-0.05, 0) is 26.3 Å². The lowest BCUT2D eigenvalue weighted by molar-refractivity contribution is -0.119. The van der Waals surface area contributed by atoms with E-state index >= 15 is 0 Å². The Labute approximate surface area is 80.1 Å². The summed E-state index contributed by atoms with van der Waals surface area (Å²) in [6, 6.07) is 0.446. The fourth-order valence-corrected chi connectivity index (χ4v) is 1.63. The molecule has 1 N–H and O–H groups in total. The summed E-state index contributed by atoms with van der Waals surface area (Å²) in [6.45, 7) is 2.88. The van der Waals surface area contributed by atoms with E-state index in [1.165, 1.54) is 6.42 Å². The van der Waals surface area contributed by atoms with Crippen LogP contribution in [-0.2, 0) is 4.79 Å². The average molecular weight is 179 g/mol. The summed E-state index contributed by atoms with van der Waals surface area (Å²) < 4.78 is 0. The summed E-state index contributed by atoms with van der Waals surface area (Å²) in [5.41, 5.74) is 0. The van der Waals surface area contributed by atoms with Crippen molar-refractivity contribution in [2.75, 3.05) is 6.54 Å². The van der Waals surface area contributed by atoms with Gasteiger partial charge in [0, 0.05) is 25.3 Å². The van der Waals surface area contributed by atoms with Crippen LogP contribution in [0.25, 0.3) is 0 Å². The summed E-state index contributed by atoms with van der Waals surface area (Å²) in [7, 11) is 0. The number of ketones is 1. The van der Waals surface area contributed by atoms with Gasteiger partial charge in [0.15, 0.2) is 0 Å². The molecule has 1 heterocycles. The Bertz CT molecular complexity index is 218. The standard InChI is InChI=1S/C11H17NO/c1-2-3-4-7-11(13)9-10-6-5-8-12-10/h10,12H,4-9H2,1H3. The number of rotatable bonds is 4. The topological polar surface area (TPSA) is 29.1 Å². The lowest BCUT2D eigenvalue weighted by Gasteiger charge is -2.07. The highest BCUT2D eigenvalue weighted by atomic mass is 16.1. The average Bonchev–Trinajstić information content (AvgIpc) is 2.57. The van der Waals surface area contributed by atoms with Gasteiger partial charge >= 0.3 is 0 Å². The maximum absolute atomic E-state index is 11.4. The van der Waals surface area contributed by atoms with Crippen LogP contribution in [0.4, 0.5) is 0 Å². The predicted octanol–water partition coefficient (Wildman–Crippen LogP) is 1.50. The highest BCUT2D eigenvalue weighted by molar-refractivity contribution is 5.79. The van der Waals surface area contributed by atoms with E-state index in [1.54, 1.807) is 0 Å². The zero-order chi connectivity index (χ0) is 9.52. The van der Waals surface area contributed by atoms with Crippen molar-refractivity contribution in [3.05, 3.63) is 0 Å². The third-order valence-electron chi connectivity index (χ3n) is 2.34. The summed E-state index contributed by atoms with van der Waals surface area (Å²) in [5, 5.41) is 3.32. The second kappa shape index (κ2) is 5.77. The smallest absolute Gasteiger partial charge is 0.135 e. The molecule has 2 heteroatoms. The first-order valence-electron chi connectivity index (χ1n) is 4.97. The molecule has 72 valence electrons. The van der Waals surface area contributed by atoms with Crippen molar-refractivity contribution in [1.82, 2.24) is 5.32 Å². The molecule has 1 aliphatic heterocycles. The number of nitrogens with one attached hydrogen (secondary N) is 1. The van der Waals surface area contributed by atoms with E-state index < -0.39 is 0 Å². The van der Waals surface area contributed by atoms with E-state index in [-0.39, 0.29) is 0 Å². The maximum Gasteiger partial charge on any atom is 0.135 e. The molecule has 13 heavy (non-hydrogen) atoms. The van der Waals surface area contributed by atoms with Gasteiger partial charge in [-0.2, -0.15) is 0 Å². The SMILES string of the molecule is CC#CCCC(=O)CC1CCCN1. The maximum atomic E-state index is 11.4. The van der Waals surface area contributed by atoms with Crippen LogP contribution in [0.1, 0.15) is 39.0 Å². The Hall–Kier alpha value is -0.810. The molecule has 1 unspecified atom stereocenters. The van der Waals surface area contributed by atoms with Gasteiger partial charge in [0.25, 0.3) is 0 Å². The number of carbonyl (C=O) groups is 1. The molecule has 1 aliphatic rings. The normalized spacial score (nSPS) is 20.8. The first-order valence-corrected chi connectivity index (χ1v) is 4.97. The quantitative estimate of drug-likeness (QED) is 0.663. The van der Waals surface area contributed by atoms with Crippen molar-refractivity contribution in [2.24, 2.45) is 0 Å². The third-order valence-corrected chi connectivity index (χ3v) is 2.34. The molecule has 1 atom stereocenters. The molecular weight excluding hydrogens is 162 g/mol. The Morgan fingerprint density at radius 3 is 3.08 bits per heavy atom. The number of hydrogen-bond donors (Lipinski definition) is 1. The van der Waals surface area contributed by atoms with Crippen LogP contribution in [0, 0.1) is 11.8 Å². The van der Waals surface area contributed by atoms with Crippen molar-refractivity contribution in [2.45, 2.75) is 45.1 Å². The van der Waals surface area contributed by atoms with Gasteiger partial charge in [-0.15, -0.1) is 11.8 Å². The summed E-state index contributed by atoms with van der Waals surface area (Å²) in [6.07, 6.45) is 4.42. The lowest BCUT2D eigenvalue weighted by atomic mass is 10.1. The first kappa shape index (κ1) is 10.3.